The molecule has 1 fully saturated rings. The lowest BCUT2D eigenvalue weighted by molar-refractivity contribution is -0.182. The first-order chi connectivity index (χ1) is 12.8. The van der Waals surface area contributed by atoms with E-state index in [1.807, 2.05) is 0 Å². The Morgan fingerprint density at radius 1 is 1.15 bits per heavy atom. The third kappa shape index (κ3) is 4.10. The van der Waals surface area contributed by atoms with Gasteiger partial charge in [-0.15, -0.1) is 0 Å². The van der Waals surface area contributed by atoms with E-state index in [-0.39, 0.29) is 18.4 Å². The van der Waals surface area contributed by atoms with Crippen LogP contribution in [0, 0.1) is 5.92 Å². The Morgan fingerprint density at radius 2 is 1.81 bits per heavy atom. The topological polar surface area (TPSA) is 93.7 Å². The molecule has 2 aliphatic rings. The van der Waals surface area contributed by atoms with Gasteiger partial charge in [0.2, 0.25) is 5.60 Å². The number of nitrogens with one attached hydrogen (secondary N) is 2. The van der Waals surface area contributed by atoms with E-state index in [2.05, 4.69) is 10.6 Å². The highest BCUT2D eigenvalue weighted by Gasteiger charge is 2.53. The molecule has 9 heteroatoms. The van der Waals surface area contributed by atoms with Crippen molar-refractivity contribution < 1.29 is 23.9 Å². The van der Waals surface area contributed by atoms with E-state index in [4.69, 9.17) is 32.7 Å². The Balaban J connectivity index is 1.66. The molecule has 1 aromatic rings. The number of hydrogen-bond donors (Lipinski definition) is 2. The molecule has 0 spiro atoms. The van der Waals surface area contributed by atoms with Gasteiger partial charge in [0.05, 0.1) is 19.6 Å². The lowest BCUT2D eigenvalue weighted by atomic mass is 9.91. The summed E-state index contributed by atoms with van der Waals surface area (Å²) in [6.45, 7) is 0.294. The van der Waals surface area contributed by atoms with Crippen molar-refractivity contribution in [2.75, 3.05) is 19.0 Å². The zero-order valence-corrected chi connectivity index (χ0v) is 16.0. The molecule has 3 rings (SSSR count). The summed E-state index contributed by atoms with van der Waals surface area (Å²) in [7, 11) is 1.31. The molecule has 1 unspecified atom stereocenters. The standard InChI is InChI=1S/C18H18Cl2N2O5/c1-26-15(23)10-2-3-13(6-10)21-16(24)18(4-5-27-18)17(25)22-14-8-11(19)7-12(20)9-14/h2-3,7-10,13H,4-6H2,1H3,(H,21,24)(H,22,25)/t10-,13+,18?/m1/s1. The molecule has 0 saturated carbocycles. The normalized spacial score (nSPS) is 26.2. The van der Waals surface area contributed by atoms with Crippen LogP contribution < -0.4 is 10.6 Å². The van der Waals surface area contributed by atoms with Crippen molar-refractivity contribution in [2.24, 2.45) is 5.92 Å². The van der Waals surface area contributed by atoms with Gasteiger partial charge in [-0.3, -0.25) is 14.4 Å². The summed E-state index contributed by atoms with van der Waals surface area (Å²) in [5, 5.41) is 6.09. The van der Waals surface area contributed by atoms with Crippen LogP contribution in [0.5, 0.6) is 0 Å². The number of hydrogen-bond acceptors (Lipinski definition) is 5. The van der Waals surface area contributed by atoms with Crippen molar-refractivity contribution >= 4 is 46.7 Å². The number of rotatable bonds is 5. The number of benzene rings is 1. The van der Waals surface area contributed by atoms with Crippen LogP contribution in [0.3, 0.4) is 0 Å². The summed E-state index contributed by atoms with van der Waals surface area (Å²) >= 11 is 11.9. The van der Waals surface area contributed by atoms with E-state index in [0.717, 1.165) is 0 Å². The molecule has 1 aliphatic carbocycles. The van der Waals surface area contributed by atoms with Crippen molar-refractivity contribution in [1.29, 1.82) is 0 Å². The van der Waals surface area contributed by atoms with Crippen molar-refractivity contribution in [3.63, 3.8) is 0 Å². The van der Waals surface area contributed by atoms with Crippen LogP contribution in [-0.4, -0.2) is 43.1 Å². The number of anilines is 1. The fraction of sp³-hybridized carbons (Fsp3) is 0.389. The predicted molar refractivity (Wildman–Crippen MR) is 99.6 cm³/mol. The van der Waals surface area contributed by atoms with Crippen LogP contribution in [0.15, 0.2) is 30.4 Å². The third-order valence-electron chi connectivity index (χ3n) is 4.56. The molecular weight excluding hydrogens is 395 g/mol. The summed E-state index contributed by atoms with van der Waals surface area (Å²) in [4.78, 5) is 37.0. The van der Waals surface area contributed by atoms with Crippen molar-refractivity contribution in [3.05, 3.63) is 40.4 Å². The van der Waals surface area contributed by atoms with Crippen molar-refractivity contribution in [1.82, 2.24) is 5.32 Å². The quantitative estimate of drug-likeness (QED) is 0.439. The van der Waals surface area contributed by atoms with E-state index < -0.39 is 23.3 Å². The molecule has 2 N–H and O–H groups in total. The number of carbonyl (C=O) groups is 3. The molecule has 144 valence electrons. The van der Waals surface area contributed by atoms with E-state index in [9.17, 15) is 14.4 Å². The van der Waals surface area contributed by atoms with Gasteiger partial charge in [-0.2, -0.15) is 0 Å². The Kier molecular flexibility index (Phi) is 5.74. The van der Waals surface area contributed by atoms with Gasteiger partial charge in [0.1, 0.15) is 0 Å². The predicted octanol–water partition coefficient (Wildman–Crippen LogP) is 2.32. The van der Waals surface area contributed by atoms with Gasteiger partial charge in [0.25, 0.3) is 11.8 Å². The molecule has 1 heterocycles. The summed E-state index contributed by atoms with van der Waals surface area (Å²) in [5.74, 6) is -1.94. The molecule has 27 heavy (non-hydrogen) atoms. The maximum Gasteiger partial charge on any atom is 0.312 e. The number of esters is 1. The first kappa shape index (κ1) is 19.7. The van der Waals surface area contributed by atoms with Crippen molar-refractivity contribution in [3.8, 4) is 0 Å². The highest BCUT2D eigenvalue weighted by molar-refractivity contribution is 6.35. The Labute approximate surface area is 166 Å². The maximum absolute atomic E-state index is 12.7. The van der Waals surface area contributed by atoms with E-state index in [1.54, 1.807) is 12.2 Å². The van der Waals surface area contributed by atoms with Crippen LogP contribution >= 0.6 is 23.2 Å². The number of amides is 2. The molecular formula is C18H18Cl2N2O5. The largest absolute Gasteiger partial charge is 0.469 e. The molecule has 0 bridgehead atoms. The second kappa shape index (κ2) is 7.88. The Hall–Kier alpha value is -2.09. The van der Waals surface area contributed by atoms with Gasteiger partial charge in [-0.05, 0) is 24.6 Å². The lowest BCUT2D eigenvalue weighted by Crippen LogP contribution is -2.64. The summed E-state index contributed by atoms with van der Waals surface area (Å²) in [6, 6.07) is 4.20. The second-order valence-corrected chi connectivity index (χ2v) is 7.24. The average Bonchev–Trinajstić information content (AvgIpc) is 3.00. The van der Waals surface area contributed by atoms with Crippen LogP contribution in [0.2, 0.25) is 10.0 Å². The van der Waals surface area contributed by atoms with E-state index in [1.165, 1.54) is 25.3 Å². The van der Waals surface area contributed by atoms with Gasteiger partial charge >= 0.3 is 5.97 Å². The average molecular weight is 413 g/mol. The van der Waals surface area contributed by atoms with Crippen molar-refractivity contribution in [2.45, 2.75) is 24.5 Å². The number of carbonyl (C=O) groups excluding carboxylic acids is 3. The molecule has 3 atom stereocenters. The van der Waals surface area contributed by atoms with Gasteiger partial charge < -0.3 is 20.1 Å². The summed E-state index contributed by atoms with van der Waals surface area (Å²) in [5.41, 5.74) is -1.25. The molecule has 0 aromatic heterocycles. The second-order valence-electron chi connectivity index (χ2n) is 6.37. The molecule has 0 radical (unpaired) electrons. The van der Waals surface area contributed by atoms with Gasteiger partial charge in [0, 0.05) is 28.2 Å². The highest BCUT2D eigenvalue weighted by Crippen LogP contribution is 2.31. The highest BCUT2D eigenvalue weighted by atomic mass is 35.5. The molecule has 1 saturated heterocycles. The molecule has 1 aliphatic heterocycles. The first-order valence-electron chi connectivity index (χ1n) is 8.32. The zero-order valence-electron chi connectivity index (χ0n) is 14.5. The third-order valence-corrected chi connectivity index (χ3v) is 5.00. The summed E-state index contributed by atoms with van der Waals surface area (Å²) < 4.78 is 10.1. The molecule has 2 amide bonds. The molecule has 7 nitrogen and oxygen atoms in total. The van der Waals surface area contributed by atoms with Crippen LogP contribution in [-0.2, 0) is 23.9 Å². The Bertz CT molecular complexity index is 787. The maximum atomic E-state index is 12.7. The number of ether oxygens (including phenoxy) is 2. The van der Waals surface area contributed by atoms with Crippen LogP contribution in [0.4, 0.5) is 5.69 Å². The fourth-order valence-electron chi connectivity index (χ4n) is 3.04. The number of halogens is 2. The van der Waals surface area contributed by atoms with Crippen LogP contribution in [0.25, 0.3) is 0 Å². The van der Waals surface area contributed by atoms with Gasteiger partial charge in [-0.25, -0.2) is 0 Å². The minimum Gasteiger partial charge on any atom is -0.469 e. The minimum atomic E-state index is -1.62. The van der Waals surface area contributed by atoms with Gasteiger partial charge in [-0.1, -0.05) is 35.4 Å². The Morgan fingerprint density at radius 3 is 2.37 bits per heavy atom. The number of methoxy groups -OCH3 is 1. The fourth-order valence-corrected chi connectivity index (χ4v) is 3.57. The smallest absolute Gasteiger partial charge is 0.312 e. The zero-order chi connectivity index (χ0) is 19.6. The lowest BCUT2D eigenvalue weighted by Gasteiger charge is -2.39. The molecule has 1 aromatic carbocycles. The monoisotopic (exact) mass is 412 g/mol. The minimum absolute atomic E-state index is 0.246. The first-order valence-corrected chi connectivity index (χ1v) is 9.08. The SMILES string of the molecule is COC(=O)[C@@H]1C=C[C@H](NC(=O)C2(C(=O)Nc3cc(Cl)cc(Cl)c3)CCO2)C1. The van der Waals surface area contributed by atoms with E-state index in [0.29, 0.717) is 28.8 Å². The van der Waals surface area contributed by atoms with Crippen LogP contribution in [0.1, 0.15) is 12.8 Å². The summed E-state index contributed by atoms with van der Waals surface area (Å²) in [6.07, 6.45) is 4.01. The van der Waals surface area contributed by atoms with E-state index >= 15 is 0 Å². The van der Waals surface area contributed by atoms with Gasteiger partial charge in [0.15, 0.2) is 0 Å².